The van der Waals surface area contributed by atoms with E-state index in [9.17, 15) is 4.79 Å². The first-order chi connectivity index (χ1) is 7.74. The van der Waals surface area contributed by atoms with Gasteiger partial charge >= 0.3 is 5.97 Å². The second kappa shape index (κ2) is 4.23. The van der Waals surface area contributed by atoms with Crippen molar-refractivity contribution in [3.8, 4) is 11.1 Å². The van der Waals surface area contributed by atoms with Gasteiger partial charge in [-0.05, 0) is 18.1 Å². The predicted octanol–water partition coefficient (Wildman–Crippen LogP) is 3.04. The van der Waals surface area contributed by atoms with Crippen LogP contribution in [0.3, 0.4) is 0 Å². The minimum absolute atomic E-state index is 0.382. The monoisotopic (exact) mass is 216 g/mol. The van der Waals surface area contributed by atoms with Crippen LogP contribution in [0.15, 0.2) is 41.2 Å². The third kappa shape index (κ3) is 1.72. The van der Waals surface area contributed by atoms with Gasteiger partial charge < -0.3 is 9.15 Å². The largest absolute Gasteiger partial charge is 0.471 e. The zero-order valence-corrected chi connectivity index (χ0v) is 9.19. The number of hydrogen-bond donors (Lipinski definition) is 0. The highest BCUT2D eigenvalue weighted by Gasteiger charge is 2.16. The van der Waals surface area contributed by atoms with E-state index in [1.165, 1.54) is 13.4 Å². The summed E-state index contributed by atoms with van der Waals surface area (Å²) in [7, 11) is 1.36. The molecule has 0 fully saturated rings. The first kappa shape index (κ1) is 10.5. The number of aryl methyl sites for hydroxylation is 1. The van der Waals surface area contributed by atoms with Crippen LogP contribution in [0.2, 0.25) is 0 Å². The summed E-state index contributed by atoms with van der Waals surface area (Å²) in [6.45, 7) is 1.99. The van der Waals surface area contributed by atoms with Gasteiger partial charge in [0.2, 0.25) is 0 Å². The quantitative estimate of drug-likeness (QED) is 0.724. The molecule has 2 rings (SSSR count). The molecule has 0 unspecified atom stereocenters. The summed E-state index contributed by atoms with van der Waals surface area (Å²) in [5.74, 6) is -0.382. The molecule has 1 aromatic carbocycles. The van der Waals surface area contributed by atoms with Crippen LogP contribution in [-0.4, -0.2) is 13.1 Å². The van der Waals surface area contributed by atoms with E-state index in [1.54, 1.807) is 6.26 Å². The Balaban J connectivity index is 2.53. The summed E-state index contributed by atoms with van der Waals surface area (Å²) in [4.78, 5) is 11.5. The molecule has 1 aromatic heterocycles. The summed E-state index contributed by atoms with van der Waals surface area (Å²) >= 11 is 0. The zero-order valence-electron chi connectivity index (χ0n) is 9.19. The van der Waals surface area contributed by atoms with Crippen LogP contribution >= 0.6 is 0 Å². The van der Waals surface area contributed by atoms with E-state index < -0.39 is 0 Å². The molecule has 0 amide bonds. The van der Waals surface area contributed by atoms with Crippen molar-refractivity contribution in [2.75, 3.05) is 7.11 Å². The summed E-state index contributed by atoms with van der Waals surface area (Å²) in [6.07, 6.45) is 2.97. The first-order valence-corrected chi connectivity index (χ1v) is 4.94. The maximum atomic E-state index is 11.5. The number of rotatable bonds is 2. The second-order valence-corrected chi connectivity index (χ2v) is 3.51. The molecule has 3 nitrogen and oxygen atoms in total. The Morgan fingerprint density at radius 1 is 1.19 bits per heavy atom. The van der Waals surface area contributed by atoms with Crippen molar-refractivity contribution in [1.29, 1.82) is 0 Å². The van der Waals surface area contributed by atoms with E-state index in [2.05, 4.69) is 0 Å². The number of carbonyl (C=O) groups is 1. The van der Waals surface area contributed by atoms with Crippen molar-refractivity contribution < 1.29 is 13.9 Å². The maximum absolute atomic E-state index is 11.5. The van der Waals surface area contributed by atoms with Crippen LogP contribution in [0.4, 0.5) is 0 Å². The minimum atomic E-state index is -0.382. The molecule has 1 heterocycles. The average molecular weight is 216 g/mol. The Hall–Kier alpha value is -2.03. The average Bonchev–Trinajstić information content (AvgIpc) is 2.77. The van der Waals surface area contributed by atoms with Gasteiger partial charge in [-0.1, -0.05) is 24.3 Å². The Labute approximate surface area is 93.7 Å². The Morgan fingerprint density at radius 3 is 2.62 bits per heavy atom. The second-order valence-electron chi connectivity index (χ2n) is 3.51. The Kier molecular flexibility index (Phi) is 2.77. The lowest BCUT2D eigenvalue weighted by Gasteiger charge is -2.04. The van der Waals surface area contributed by atoms with Crippen molar-refractivity contribution >= 4 is 5.97 Å². The smallest absolute Gasteiger partial charge is 0.341 e. The number of hydrogen-bond acceptors (Lipinski definition) is 3. The van der Waals surface area contributed by atoms with Crippen LogP contribution in [0.1, 0.15) is 15.9 Å². The van der Waals surface area contributed by atoms with Crippen LogP contribution in [-0.2, 0) is 4.74 Å². The number of methoxy groups -OCH3 is 1. The van der Waals surface area contributed by atoms with E-state index >= 15 is 0 Å². The van der Waals surface area contributed by atoms with E-state index in [4.69, 9.17) is 9.15 Å². The van der Waals surface area contributed by atoms with Crippen LogP contribution < -0.4 is 0 Å². The van der Waals surface area contributed by atoms with Gasteiger partial charge in [0.1, 0.15) is 11.8 Å². The Bertz CT molecular complexity index is 511. The van der Waals surface area contributed by atoms with Gasteiger partial charge in [-0.2, -0.15) is 0 Å². The third-order valence-electron chi connectivity index (χ3n) is 2.50. The van der Waals surface area contributed by atoms with Crippen molar-refractivity contribution in [2.45, 2.75) is 6.92 Å². The molecule has 0 spiro atoms. The molecule has 16 heavy (non-hydrogen) atoms. The molecule has 0 bridgehead atoms. The number of carbonyl (C=O) groups excluding carboxylic acids is 1. The summed E-state index contributed by atoms with van der Waals surface area (Å²) in [5, 5.41) is 0. The lowest BCUT2D eigenvalue weighted by molar-refractivity contribution is 0.0600. The molecule has 0 radical (unpaired) electrons. The minimum Gasteiger partial charge on any atom is -0.471 e. The predicted molar refractivity (Wildman–Crippen MR) is 60.2 cm³/mol. The van der Waals surface area contributed by atoms with Gasteiger partial charge in [0.15, 0.2) is 0 Å². The van der Waals surface area contributed by atoms with Gasteiger partial charge in [-0.3, -0.25) is 0 Å². The molecule has 0 aliphatic rings. The van der Waals surface area contributed by atoms with E-state index in [0.29, 0.717) is 5.56 Å². The van der Waals surface area contributed by atoms with Crippen LogP contribution in [0, 0.1) is 6.92 Å². The summed E-state index contributed by atoms with van der Waals surface area (Å²) < 4.78 is 9.77. The number of benzene rings is 1. The Morgan fingerprint density at radius 2 is 1.94 bits per heavy atom. The SMILES string of the molecule is COC(=O)c1cocc1-c1ccccc1C. The van der Waals surface area contributed by atoms with Gasteiger partial charge in [0, 0.05) is 5.56 Å². The fraction of sp³-hybridized carbons (Fsp3) is 0.154. The van der Waals surface area contributed by atoms with Gasteiger partial charge in [-0.15, -0.1) is 0 Å². The van der Waals surface area contributed by atoms with Crippen molar-refractivity contribution in [3.63, 3.8) is 0 Å². The third-order valence-corrected chi connectivity index (χ3v) is 2.50. The van der Waals surface area contributed by atoms with Crippen molar-refractivity contribution in [1.82, 2.24) is 0 Å². The topological polar surface area (TPSA) is 39.4 Å². The molecule has 2 aromatic rings. The van der Waals surface area contributed by atoms with Gasteiger partial charge in [0.05, 0.1) is 13.4 Å². The number of ether oxygens (including phenoxy) is 1. The highest BCUT2D eigenvalue weighted by atomic mass is 16.5. The highest BCUT2D eigenvalue weighted by Crippen LogP contribution is 2.27. The normalized spacial score (nSPS) is 10.1. The number of furan rings is 1. The van der Waals surface area contributed by atoms with E-state index in [0.717, 1.165) is 16.7 Å². The molecule has 3 heteroatoms. The molecule has 82 valence electrons. The zero-order chi connectivity index (χ0) is 11.5. The van der Waals surface area contributed by atoms with Crippen LogP contribution in [0.25, 0.3) is 11.1 Å². The number of esters is 1. The van der Waals surface area contributed by atoms with Crippen LogP contribution in [0.5, 0.6) is 0 Å². The molecular weight excluding hydrogens is 204 g/mol. The highest BCUT2D eigenvalue weighted by molar-refractivity contribution is 5.97. The molecular formula is C13H12O3. The van der Waals surface area contributed by atoms with E-state index in [1.807, 2.05) is 31.2 Å². The summed E-state index contributed by atoms with van der Waals surface area (Å²) in [5.41, 5.74) is 3.30. The molecule has 0 saturated carbocycles. The first-order valence-electron chi connectivity index (χ1n) is 4.94. The molecule has 0 aliphatic carbocycles. The van der Waals surface area contributed by atoms with Gasteiger partial charge in [-0.25, -0.2) is 4.79 Å². The van der Waals surface area contributed by atoms with Gasteiger partial charge in [0.25, 0.3) is 0 Å². The summed E-state index contributed by atoms with van der Waals surface area (Å²) in [6, 6.07) is 7.82. The molecule has 0 atom stereocenters. The molecule has 0 aliphatic heterocycles. The maximum Gasteiger partial charge on any atom is 0.341 e. The standard InChI is InChI=1S/C13H12O3/c1-9-5-3-4-6-10(9)11-7-16-8-12(11)13(14)15-2/h3-8H,1-2H3. The van der Waals surface area contributed by atoms with Crippen molar-refractivity contribution in [3.05, 3.63) is 47.9 Å². The molecule has 0 N–H and O–H groups in total. The molecule has 0 saturated heterocycles. The lowest BCUT2D eigenvalue weighted by Crippen LogP contribution is -2.01. The fourth-order valence-corrected chi connectivity index (χ4v) is 1.65. The fourth-order valence-electron chi connectivity index (χ4n) is 1.65. The van der Waals surface area contributed by atoms with Crippen molar-refractivity contribution in [2.24, 2.45) is 0 Å². The van der Waals surface area contributed by atoms with E-state index in [-0.39, 0.29) is 5.97 Å². The lowest BCUT2D eigenvalue weighted by atomic mass is 10.00.